The topological polar surface area (TPSA) is 61.4 Å². The molecule has 1 aliphatic rings. The summed E-state index contributed by atoms with van der Waals surface area (Å²) in [6.45, 7) is 5.26. The zero-order chi connectivity index (χ0) is 19.6. The van der Waals surface area contributed by atoms with Gasteiger partial charge in [0.2, 0.25) is 0 Å². The molecule has 0 saturated carbocycles. The fraction of sp³-hybridized carbons (Fsp3) is 0.632. The van der Waals surface area contributed by atoms with Crippen molar-refractivity contribution in [3.05, 3.63) is 23.2 Å². The second-order valence-corrected chi connectivity index (χ2v) is 7.12. The van der Waals surface area contributed by atoms with Gasteiger partial charge in [-0.05, 0) is 31.7 Å². The van der Waals surface area contributed by atoms with Crippen molar-refractivity contribution in [1.82, 2.24) is 15.5 Å². The van der Waals surface area contributed by atoms with Gasteiger partial charge in [-0.25, -0.2) is 0 Å². The maximum Gasteiger partial charge on any atom is 0.191 e. The molecule has 0 bridgehead atoms. The van der Waals surface area contributed by atoms with Gasteiger partial charge in [-0.15, -0.1) is 0 Å². The number of guanidine groups is 1. The summed E-state index contributed by atoms with van der Waals surface area (Å²) in [4.78, 5) is 8.87. The fourth-order valence-corrected chi connectivity index (χ4v) is 3.29. The van der Waals surface area contributed by atoms with Crippen LogP contribution in [0.2, 0.25) is 5.02 Å². The van der Waals surface area contributed by atoms with Crippen LogP contribution < -0.4 is 20.3 Å². The molecule has 8 heteroatoms. The lowest BCUT2D eigenvalue weighted by molar-refractivity contribution is 0.162. The molecule has 1 aromatic rings. The Morgan fingerprint density at radius 2 is 2.19 bits per heavy atom. The lowest BCUT2D eigenvalue weighted by atomic mass is 10.2. The average molecular weight is 398 g/mol. The number of nitrogens with zero attached hydrogens (tertiary/aromatic N) is 3. The van der Waals surface area contributed by atoms with Crippen LogP contribution in [0, 0.1) is 0 Å². The molecule has 7 nitrogen and oxygen atoms in total. The molecule has 1 atom stereocenters. The van der Waals surface area contributed by atoms with Gasteiger partial charge >= 0.3 is 0 Å². The Morgan fingerprint density at radius 3 is 2.89 bits per heavy atom. The van der Waals surface area contributed by atoms with Crippen molar-refractivity contribution in [3.8, 4) is 5.75 Å². The van der Waals surface area contributed by atoms with Gasteiger partial charge in [-0.1, -0.05) is 11.6 Å². The van der Waals surface area contributed by atoms with Crippen molar-refractivity contribution in [2.75, 3.05) is 72.5 Å². The highest BCUT2D eigenvalue weighted by atomic mass is 35.5. The number of rotatable bonds is 9. The molecule has 2 rings (SSSR count). The number of hydrogen-bond donors (Lipinski definition) is 2. The van der Waals surface area contributed by atoms with Crippen molar-refractivity contribution < 1.29 is 9.47 Å². The van der Waals surface area contributed by atoms with Gasteiger partial charge in [0.15, 0.2) is 5.96 Å². The number of nitrogens with one attached hydrogen (secondary N) is 2. The first-order valence-electron chi connectivity index (χ1n) is 9.30. The number of anilines is 1. The van der Waals surface area contributed by atoms with Gasteiger partial charge in [0.05, 0.1) is 19.4 Å². The number of halogens is 1. The third-order valence-corrected chi connectivity index (χ3v) is 4.93. The predicted octanol–water partition coefficient (Wildman–Crippen LogP) is 1.67. The van der Waals surface area contributed by atoms with E-state index in [1.165, 1.54) is 0 Å². The van der Waals surface area contributed by atoms with Crippen molar-refractivity contribution >= 4 is 23.2 Å². The van der Waals surface area contributed by atoms with E-state index < -0.39 is 0 Å². The lowest BCUT2D eigenvalue weighted by Gasteiger charge is -2.23. The summed E-state index contributed by atoms with van der Waals surface area (Å²) in [5.41, 5.74) is 1.04. The maximum atomic E-state index is 6.17. The first-order chi connectivity index (χ1) is 13.1. The molecular weight excluding hydrogens is 366 g/mol. The standard InChI is InChI=1S/C19H32ClN5O2/c1-21-19(22-8-10-24(2)11-12-26-3)23-16-7-9-25(14-16)17-13-15(20)5-6-18(17)27-4/h5-6,13,16H,7-12,14H2,1-4H3,(H2,21,22,23). The summed E-state index contributed by atoms with van der Waals surface area (Å²) >= 11 is 6.17. The zero-order valence-corrected chi connectivity index (χ0v) is 17.6. The SMILES string of the molecule is CN=C(NCCN(C)CCOC)NC1CCN(c2cc(Cl)ccc2OC)C1. The smallest absolute Gasteiger partial charge is 0.191 e. The van der Waals surface area contributed by atoms with Crippen LogP contribution >= 0.6 is 11.6 Å². The molecule has 1 aliphatic heterocycles. The van der Waals surface area contributed by atoms with E-state index in [1.807, 2.05) is 18.2 Å². The minimum Gasteiger partial charge on any atom is -0.495 e. The Morgan fingerprint density at radius 1 is 1.37 bits per heavy atom. The van der Waals surface area contributed by atoms with Crippen LogP contribution in [0.25, 0.3) is 0 Å². The highest BCUT2D eigenvalue weighted by molar-refractivity contribution is 6.30. The Hall–Kier alpha value is -1.70. The first-order valence-corrected chi connectivity index (χ1v) is 9.68. The summed E-state index contributed by atoms with van der Waals surface area (Å²) in [5, 5.41) is 7.62. The van der Waals surface area contributed by atoms with E-state index in [1.54, 1.807) is 21.3 Å². The molecule has 1 unspecified atom stereocenters. The van der Waals surface area contributed by atoms with Crippen molar-refractivity contribution in [2.45, 2.75) is 12.5 Å². The molecule has 1 fully saturated rings. The van der Waals surface area contributed by atoms with Crippen LogP contribution in [0.1, 0.15) is 6.42 Å². The summed E-state index contributed by atoms with van der Waals surface area (Å²) in [7, 11) is 7.30. The van der Waals surface area contributed by atoms with Gasteiger partial charge in [0, 0.05) is 57.9 Å². The van der Waals surface area contributed by atoms with Gasteiger partial charge < -0.3 is 29.9 Å². The van der Waals surface area contributed by atoms with Gasteiger partial charge in [0.25, 0.3) is 0 Å². The molecule has 0 spiro atoms. The number of ether oxygens (including phenoxy) is 2. The molecule has 0 amide bonds. The molecule has 152 valence electrons. The predicted molar refractivity (Wildman–Crippen MR) is 112 cm³/mol. The molecule has 0 aromatic heterocycles. The van der Waals surface area contributed by atoms with E-state index in [0.29, 0.717) is 6.04 Å². The first kappa shape index (κ1) is 21.6. The van der Waals surface area contributed by atoms with E-state index in [0.717, 1.165) is 68.2 Å². The van der Waals surface area contributed by atoms with E-state index in [2.05, 4.69) is 32.5 Å². The Bertz CT molecular complexity index is 614. The molecule has 0 aliphatic carbocycles. The largest absolute Gasteiger partial charge is 0.495 e. The van der Waals surface area contributed by atoms with Gasteiger partial charge in [0.1, 0.15) is 5.75 Å². The number of hydrogen-bond acceptors (Lipinski definition) is 5. The van der Waals surface area contributed by atoms with E-state index >= 15 is 0 Å². The molecule has 0 radical (unpaired) electrons. The third-order valence-electron chi connectivity index (χ3n) is 4.70. The van der Waals surface area contributed by atoms with Crippen LogP contribution in [-0.2, 0) is 4.74 Å². The van der Waals surface area contributed by atoms with E-state index in [-0.39, 0.29) is 0 Å². The summed E-state index contributed by atoms with van der Waals surface area (Å²) in [6.07, 6.45) is 1.03. The van der Waals surface area contributed by atoms with Crippen molar-refractivity contribution in [2.24, 2.45) is 4.99 Å². The highest BCUT2D eigenvalue weighted by Gasteiger charge is 2.25. The van der Waals surface area contributed by atoms with Crippen LogP contribution in [0.4, 0.5) is 5.69 Å². The van der Waals surface area contributed by atoms with E-state index in [9.17, 15) is 0 Å². The second kappa shape index (κ2) is 11.2. The highest BCUT2D eigenvalue weighted by Crippen LogP contribution is 2.33. The second-order valence-electron chi connectivity index (χ2n) is 6.69. The summed E-state index contributed by atoms with van der Waals surface area (Å²) in [5.74, 6) is 1.68. The minimum atomic E-state index is 0.325. The normalized spacial score (nSPS) is 17.5. The molecule has 1 aromatic carbocycles. The lowest BCUT2D eigenvalue weighted by Crippen LogP contribution is -2.46. The van der Waals surface area contributed by atoms with Crippen LogP contribution in [0.3, 0.4) is 0 Å². The van der Waals surface area contributed by atoms with Gasteiger partial charge in [-0.2, -0.15) is 0 Å². The van der Waals surface area contributed by atoms with Gasteiger partial charge in [-0.3, -0.25) is 4.99 Å². The zero-order valence-electron chi connectivity index (χ0n) is 16.8. The Labute approximate surface area is 167 Å². The number of likely N-dealkylation sites (N-methyl/N-ethyl adjacent to an activating group) is 1. The monoisotopic (exact) mass is 397 g/mol. The molecule has 1 heterocycles. The summed E-state index contributed by atoms with van der Waals surface area (Å²) in [6, 6.07) is 6.06. The summed E-state index contributed by atoms with van der Waals surface area (Å²) < 4.78 is 10.6. The molecular formula is C19H32ClN5O2. The van der Waals surface area contributed by atoms with Crippen LogP contribution in [0.15, 0.2) is 23.2 Å². The Balaban J connectivity index is 1.81. The number of benzene rings is 1. The third kappa shape index (κ3) is 6.75. The molecule has 1 saturated heterocycles. The van der Waals surface area contributed by atoms with E-state index in [4.69, 9.17) is 21.1 Å². The fourth-order valence-electron chi connectivity index (χ4n) is 3.12. The quantitative estimate of drug-likeness (QED) is 0.488. The Kier molecular flexibility index (Phi) is 8.97. The molecule has 27 heavy (non-hydrogen) atoms. The maximum absolute atomic E-state index is 6.17. The molecule has 2 N–H and O–H groups in total. The van der Waals surface area contributed by atoms with Crippen molar-refractivity contribution in [3.63, 3.8) is 0 Å². The van der Waals surface area contributed by atoms with Crippen molar-refractivity contribution in [1.29, 1.82) is 0 Å². The van der Waals surface area contributed by atoms with Crippen LogP contribution in [0.5, 0.6) is 5.75 Å². The number of methoxy groups -OCH3 is 2. The average Bonchev–Trinajstić information content (AvgIpc) is 3.13. The number of aliphatic imine (C=N–C) groups is 1. The minimum absolute atomic E-state index is 0.325. The van der Waals surface area contributed by atoms with Crippen LogP contribution in [-0.4, -0.2) is 84.5 Å².